The molecule has 2 aromatic rings. The van der Waals surface area contributed by atoms with Gasteiger partial charge in [-0.25, -0.2) is 4.79 Å². The number of benzene rings is 1. The quantitative estimate of drug-likeness (QED) is 0.761. The van der Waals surface area contributed by atoms with Gasteiger partial charge in [0.1, 0.15) is 12.2 Å². The third kappa shape index (κ3) is 3.34. The van der Waals surface area contributed by atoms with E-state index < -0.39 is 6.10 Å². The van der Waals surface area contributed by atoms with Gasteiger partial charge in [0.2, 0.25) is 0 Å². The van der Waals surface area contributed by atoms with Crippen molar-refractivity contribution in [3.8, 4) is 0 Å². The topological polar surface area (TPSA) is 92.1 Å². The predicted octanol–water partition coefficient (Wildman–Crippen LogP) is 0.798. The molecule has 0 aliphatic heterocycles. The second kappa shape index (κ2) is 6.78. The Hall–Kier alpha value is -2.41. The number of aromatic nitrogens is 3. The molecule has 0 bridgehead atoms. The summed E-state index contributed by atoms with van der Waals surface area (Å²) in [6.07, 6.45) is 2.46. The normalized spacial score (nSPS) is 19.4. The fourth-order valence-electron chi connectivity index (χ4n) is 2.97. The summed E-state index contributed by atoms with van der Waals surface area (Å²) in [5.41, 5.74) is 2.07. The highest BCUT2D eigenvalue weighted by atomic mass is 16.3. The van der Waals surface area contributed by atoms with E-state index in [1.54, 1.807) is 6.33 Å². The van der Waals surface area contributed by atoms with Crippen LogP contribution in [0.3, 0.4) is 0 Å². The number of hydrogen-bond donors (Lipinski definition) is 3. The maximum absolute atomic E-state index is 12.1. The molecule has 0 saturated carbocycles. The first-order valence-electron chi connectivity index (χ1n) is 7.86. The minimum atomic E-state index is -0.581. The van der Waals surface area contributed by atoms with Crippen molar-refractivity contribution in [1.82, 2.24) is 25.4 Å². The lowest BCUT2D eigenvalue weighted by molar-refractivity contribution is 0.142. The molecule has 0 spiro atoms. The summed E-state index contributed by atoms with van der Waals surface area (Å²) in [6.45, 7) is 3.11. The average molecular weight is 315 g/mol. The van der Waals surface area contributed by atoms with E-state index in [2.05, 4.69) is 20.8 Å². The summed E-state index contributed by atoms with van der Waals surface area (Å²) in [5.74, 6) is 0.896. The molecule has 3 rings (SSSR count). The Kier molecular flexibility index (Phi) is 4.57. The zero-order valence-corrected chi connectivity index (χ0v) is 13.1. The van der Waals surface area contributed by atoms with E-state index in [0.29, 0.717) is 19.5 Å². The van der Waals surface area contributed by atoms with Gasteiger partial charge in [-0.3, -0.25) is 0 Å². The van der Waals surface area contributed by atoms with Crippen LogP contribution in [0.15, 0.2) is 30.6 Å². The van der Waals surface area contributed by atoms with Crippen molar-refractivity contribution in [1.29, 1.82) is 0 Å². The number of urea groups is 1. The minimum absolute atomic E-state index is 0.281. The van der Waals surface area contributed by atoms with Crippen LogP contribution in [0.1, 0.15) is 29.9 Å². The Morgan fingerprint density at radius 1 is 1.43 bits per heavy atom. The number of aliphatic hydroxyl groups excluding tert-OH is 1. The van der Waals surface area contributed by atoms with Crippen molar-refractivity contribution in [2.24, 2.45) is 0 Å². The van der Waals surface area contributed by atoms with E-state index in [1.165, 1.54) is 0 Å². The fraction of sp³-hybridized carbons (Fsp3) is 0.438. The molecule has 7 nitrogen and oxygen atoms in total. The number of fused-ring (bicyclic) bond motifs is 1. The first kappa shape index (κ1) is 15.5. The van der Waals surface area contributed by atoms with Crippen molar-refractivity contribution in [2.45, 2.75) is 38.5 Å². The molecular weight excluding hydrogens is 294 g/mol. The highest BCUT2D eigenvalue weighted by Gasteiger charge is 2.31. The van der Waals surface area contributed by atoms with E-state index in [9.17, 15) is 9.90 Å². The van der Waals surface area contributed by atoms with Crippen molar-refractivity contribution < 1.29 is 9.90 Å². The molecule has 7 heteroatoms. The molecule has 3 N–H and O–H groups in total. The van der Waals surface area contributed by atoms with E-state index in [4.69, 9.17) is 0 Å². The van der Waals surface area contributed by atoms with Crippen LogP contribution in [0.25, 0.3) is 0 Å². The maximum Gasteiger partial charge on any atom is 0.315 e. The lowest BCUT2D eigenvalue weighted by Crippen LogP contribution is -2.42. The maximum atomic E-state index is 12.1. The standard InChI is InChI=1S/C16H21N5O2/c1-2-14-20-18-10-21(14)8-7-17-16(23)19-15-12-6-4-3-5-11(12)9-13(15)22/h3-6,10,13,15,22H,2,7-9H2,1H3,(H2,17,19,23). The van der Waals surface area contributed by atoms with Crippen molar-refractivity contribution in [3.05, 3.63) is 47.5 Å². The molecule has 1 heterocycles. The number of aryl methyl sites for hydroxylation is 1. The fourth-order valence-corrected chi connectivity index (χ4v) is 2.97. The van der Waals surface area contributed by atoms with Gasteiger partial charge in [-0.2, -0.15) is 0 Å². The molecule has 122 valence electrons. The molecule has 1 aliphatic rings. The van der Waals surface area contributed by atoms with Gasteiger partial charge in [0.25, 0.3) is 0 Å². The lowest BCUT2D eigenvalue weighted by atomic mass is 10.1. The Morgan fingerprint density at radius 2 is 2.26 bits per heavy atom. The van der Waals surface area contributed by atoms with E-state index in [1.807, 2.05) is 35.8 Å². The third-order valence-corrected chi connectivity index (χ3v) is 4.14. The van der Waals surface area contributed by atoms with Crippen LogP contribution in [0.4, 0.5) is 4.79 Å². The second-order valence-electron chi connectivity index (χ2n) is 5.64. The number of hydrogen-bond acceptors (Lipinski definition) is 4. The molecule has 1 aliphatic carbocycles. The second-order valence-corrected chi connectivity index (χ2v) is 5.64. The molecular formula is C16H21N5O2. The summed E-state index contributed by atoms with van der Waals surface area (Å²) in [5, 5.41) is 23.7. The van der Waals surface area contributed by atoms with Gasteiger partial charge in [0.15, 0.2) is 0 Å². The molecule has 1 aromatic carbocycles. The minimum Gasteiger partial charge on any atom is -0.390 e. The van der Waals surface area contributed by atoms with E-state index in [0.717, 1.165) is 23.4 Å². The van der Waals surface area contributed by atoms with Crippen molar-refractivity contribution in [2.75, 3.05) is 6.54 Å². The lowest BCUT2D eigenvalue weighted by Gasteiger charge is -2.18. The van der Waals surface area contributed by atoms with Crippen LogP contribution in [0.5, 0.6) is 0 Å². The summed E-state index contributed by atoms with van der Waals surface area (Å²) < 4.78 is 1.92. The Labute approximate surface area is 134 Å². The van der Waals surface area contributed by atoms with Crippen LogP contribution in [0, 0.1) is 0 Å². The SMILES string of the molecule is CCc1nncn1CCNC(=O)NC1c2ccccc2CC1O. The molecule has 2 unspecified atom stereocenters. The van der Waals surface area contributed by atoms with Gasteiger partial charge >= 0.3 is 6.03 Å². The van der Waals surface area contributed by atoms with Gasteiger partial charge in [-0.05, 0) is 11.1 Å². The van der Waals surface area contributed by atoms with E-state index >= 15 is 0 Å². The monoisotopic (exact) mass is 315 g/mol. The highest BCUT2D eigenvalue weighted by molar-refractivity contribution is 5.74. The zero-order chi connectivity index (χ0) is 16.2. The zero-order valence-electron chi connectivity index (χ0n) is 13.1. The van der Waals surface area contributed by atoms with Crippen LogP contribution in [-0.2, 0) is 19.4 Å². The summed E-state index contributed by atoms with van der Waals surface area (Å²) in [4.78, 5) is 12.1. The molecule has 1 aromatic heterocycles. The number of rotatable bonds is 5. The first-order chi connectivity index (χ1) is 11.2. The molecule has 0 radical (unpaired) electrons. The third-order valence-electron chi connectivity index (χ3n) is 4.14. The van der Waals surface area contributed by atoms with Crippen molar-refractivity contribution in [3.63, 3.8) is 0 Å². The molecule has 23 heavy (non-hydrogen) atoms. The van der Waals surface area contributed by atoms with E-state index in [-0.39, 0.29) is 12.1 Å². The number of carbonyl (C=O) groups excluding carboxylic acids is 1. The predicted molar refractivity (Wildman–Crippen MR) is 84.8 cm³/mol. The summed E-state index contributed by atoms with van der Waals surface area (Å²) >= 11 is 0. The molecule has 2 atom stereocenters. The van der Waals surface area contributed by atoms with Crippen molar-refractivity contribution >= 4 is 6.03 Å². The largest absolute Gasteiger partial charge is 0.390 e. The van der Waals surface area contributed by atoms with Gasteiger partial charge in [0.05, 0.1) is 12.1 Å². The van der Waals surface area contributed by atoms with Gasteiger partial charge < -0.3 is 20.3 Å². The number of amides is 2. The van der Waals surface area contributed by atoms with Crippen LogP contribution in [-0.4, -0.2) is 38.6 Å². The van der Waals surface area contributed by atoms with Gasteiger partial charge in [-0.15, -0.1) is 10.2 Å². The van der Waals surface area contributed by atoms with Crippen LogP contribution in [0.2, 0.25) is 0 Å². The smallest absolute Gasteiger partial charge is 0.315 e. The molecule has 0 saturated heterocycles. The number of nitrogens with zero attached hydrogens (tertiary/aromatic N) is 3. The Morgan fingerprint density at radius 3 is 3.09 bits per heavy atom. The first-order valence-corrected chi connectivity index (χ1v) is 7.86. The van der Waals surface area contributed by atoms with Gasteiger partial charge in [0, 0.05) is 25.9 Å². The molecule has 2 amide bonds. The van der Waals surface area contributed by atoms with Crippen LogP contribution < -0.4 is 10.6 Å². The molecule has 0 fully saturated rings. The highest BCUT2D eigenvalue weighted by Crippen LogP contribution is 2.30. The number of nitrogens with one attached hydrogen (secondary N) is 2. The summed E-state index contributed by atoms with van der Waals surface area (Å²) in [6, 6.07) is 7.15. The summed E-state index contributed by atoms with van der Waals surface area (Å²) in [7, 11) is 0. The van der Waals surface area contributed by atoms with Gasteiger partial charge in [-0.1, -0.05) is 31.2 Å². The Balaban J connectivity index is 1.52. The average Bonchev–Trinajstić information content (AvgIpc) is 3.12. The number of carbonyl (C=O) groups is 1. The number of aliphatic hydroxyl groups is 1. The van der Waals surface area contributed by atoms with Crippen LogP contribution >= 0.6 is 0 Å². The Bertz CT molecular complexity index is 685.